The predicted molar refractivity (Wildman–Crippen MR) is 96.6 cm³/mol. The zero-order valence-corrected chi connectivity index (χ0v) is 15.5. The van der Waals surface area contributed by atoms with Crippen LogP contribution in [-0.2, 0) is 16.1 Å². The Morgan fingerprint density at radius 2 is 1.85 bits per heavy atom. The number of fused-ring (bicyclic) bond motifs is 1. The lowest BCUT2D eigenvalue weighted by molar-refractivity contribution is -0.136. The molecule has 0 spiro atoms. The summed E-state index contributed by atoms with van der Waals surface area (Å²) in [5, 5.41) is 2.34. The number of likely N-dealkylation sites (tertiary alicyclic amines) is 1. The Kier molecular flexibility index (Phi) is 3.91. The summed E-state index contributed by atoms with van der Waals surface area (Å²) in [5.74, 6) is -0.256. The molecule has 2 fully saturated rings. The third-order valence-corrected chi connectivity index (χ3v) is 5.85. The van der Waals surface area contributed by atoms with Crippen molar-refractivity contribution >= 4 is 17.7 Å². The molecule has 2 saturated heterocycles. The number of nitrogens with zero attached hydrogens (tertiary/aromatic N) is 2. The van der Waals surface area contributed by atoms with Crippen molar-refractivity contribution in [2.75, 3.05) is 13.1 Å². The molecule has 0 bridgehead atoms. The third kappa shape index (κ3) is 2.82. The van der Waals surface area contributed by atoms with Gasteiger partial charge in [0.15, 0.2) is 0 Å². The van der Waals surface area contributed by atoms with Crippen LogP contribution in [0, 0.1) is 0 Å². The van der Waals surface area contributed by atoms with Gasteiger partial charge < -0.3 is 4.90 Å². The SMILES string of the molecule is CC(C)(C)N1CC(c2ccc3c(c2)C(=O)N(C2CCC(=O)NC2=O)C3)C1. The van der Waals surface area contributed by atoms with Gasteiger partial charge in [-0.15, -0.1) is 0 Å². The van der Waals surface area contributed by atoms with Crippen LogP contribution >= 0.6 is 0 Å². The molecule has 26 heavy (non-hydrogen) atoms. The van der Waals surface area contributed by atoms with Crippen molar-refractivity contribution in [3.05, 3.63) is 34.9 Å². The number of amides is 3. The highest BCUT2D eigenvalue weighted by atomic mass is 16.2. The van der Waals surface area contributed by atoms with Gasteiger partial charge in [-0.2, -0.15) is 0 Å². The molecule has 3 aliphatic rings. The molecule has 6 heteroatoms. The number of hydrogen-bond donors (Lipinski definition) is 1. The highest BCUT2D eigenvalue weighted by Gasteiger charge is 2.40. The van der Waals surface area contributed by atoms with Gasteiger partial charge in [0.1, 0.15) is 6.04 Å². The van der Waals surface area contributed by atoms with E-state index in [-0.39, 0.29) is 29.7 Å². The molecule has 3 heterocycles. The number of carbonyl (C=O) groups is 3. The van der Waals surface area contributed by atoms with E-state index in [9.17, 15) is 14.4 Å². The minimum atomic E-state index is -0.545. The van der Waals surface area contributed by atoms with Gasteiger partial charge in [0.2, 0.25) is 11.8 Å². The number of carbonyl (C=O) groups excluding carboxylic acids is 3. The summed E-state index contributed by atoms with van der Waals surface area (Å²) in [5.41, 5.74) is 3.05. The second-order valence-electron chi connectivity index (χ2n) is 8.59. The van der Waals surface area contributed by atoms with Crippen LogP contribution in [0.3, 0.4) is 0 Å². The van der Waals surface area contributed by atoms with Crippen molar-refractivity contribution in [1.29, 1.82) is 0 Å². The molecule has 4 rings (SSSR count). The molecule has 0 aromatic heterocycles. The molecule has 138 valence electrons. The maximum absolute atomic E-state index is 12.9. The second kappa shape index (κ2) is 5.91. The van der Waals surface area contributed by atoms with E-state index < -0.39 is 6.04 Å². The van der Waals surface area contributed by atoms with Crippen LogP contribution < -0.4 is 5.32 Å². The molecule has 1 aromatic rings. The van der Waals surface area contributed by atoms with Crippen LogP contribution in [0.5, 0.6) is 0 Å². The van der Waals surface area contributed by atoms with E-state index in [4.69, 9.17) is 0 Å². The van der Waals surface area contributed by atoms with Crippen LogP contribution in [0.15, 0.2) is 18.2 Å². The molecular weight excluding hydrogens is 330 g/mol. The van der Waals surface area contributed by atoms with Crippen LogP contribution in [0.4, 0.5) is 0 Å². The Morgan fingerprint density at radius 1 is 1.12 bits per heavy atom. The molecule has 0 radical (unpaired) electrons. The van der Waals surface area contributed by atoms with Crippen molar-refractivity contribution in [1.82, 2.24) is 15.1 Å². The fourth-order valence-corrected chi connectivity index (χ4v) is 4.06. The highest BCUT2D eigenvalue weighted by molar-refractivity contribution is 6.05. The molecule has 3 aliphatic heterocycles. The number of piperidine rings is 1. The Hall–Kier alpha value is -2.21. The van der Waals surface area contributed by atoms with Crippen molar-refractivity contribution in [3.63, 3.8) is 0 Å². The summed E-state index contributed by atoms with van der Waals surface area (Å²) >= 11 is 0. The first-order chi connectivity index (χ1) is 12.2. The Morgan fingerprint density at radius 3 is 2.50 bits per heavy atom. The maximum atomic E-state index is 12.9. The van der Waals surface area contributed by atoms with Gasteiger partial charge in [0, 0.05) is 43.1 Å². The fraction of sp³-hybridized carbons (Fsp3) is 0.550. The van der Waals surface area contributed by atoms with Gasteiger partial charge in [0.25, 0.3) is 5.91 Å². The lowest BCUT2D eigenvalue weighted by Gasteiger charge is -2.48. The van der Waals surface area contributed by atoms with E-state index in [1.165, 1.54) is 5.56 Å². The molecule has 1 aromatic carbocycles. The Labute approximate surface area is 153 Å². The first kappa shape index (κ1) is 17.2. The van der Waals surface area contributed by atoms with E-state index in [0.29, 0.717) is 24.4 Å². The molecule has 3 amide bonds. The fourth-order valence-electron chi connectivity index (χ4n) is 4.06. The number of nitrogens with one attached hydrogen (secondary N) is 1. The van der Waals surface area contributed by atoms with Crippen molar-refractivity contribution in [2.45, 2.75) is 57.7 Å². The van der Waals surface area contributed by atoms with Gasteiger partial charge in [-0.3, -0.25) is 24.6 Å². The molecule has 1 N–H and O–H groups in total. The summed E-state index contributed by atoms with van der Waals surface area (Å²) in [6, 6.07) is 5.60. The number of rotatable bonds is 2. The smallest absolute Gasteiger partial charge is 0.255 e. The monoisotopic (exact) mass is 355 g/mol. The van der Waals surface area contributed by atoms with Gasteiger partial charge in [-0.1, -0.05) is 12.1 Å². The lowest BCUT2D eigenvalue weighted by atomic mass is 9.86. The zero-order valence-electron chi connectivity index (χ0n) is 15.5. The molecule has 1 unspecified atom stereocenters. The van der Waals surface area contributed by atoms with Crippen LogP contribution in [0.1, 0.15) is 61.0 Å². The quantitative estimate of drug-likeness (QED) is 0.819. The largest absolute Gasteiger partial charge is 0.322 e. The van der Waals surface area contributed by atoms with Gasteiger partial charge in [0.05, 0.1) is 0 Å². The Bertz CT molecular complexity index is 790. The minimum absolute atomic E-state index is 0.0941. The second-order valence-corrected chi connectivity index (χ2v) is 8.59. The molecule has 6 nitrogen and oxygen atoms in total. The Balaban J connectivity index is 1.50. The first-order valence-electron chi connectivity index (χ1n) is 9.26. The number of benzene rings is 1. The van der Waals surface area contributed by atoms with E-state index >= 15 is 0 Å². The number of imide groups is 1. The average molecular weight is 355 g/mol. The summed E-state index contributed by atoms with van der Waals surface area (Å²) in [6.07, 6.45) is 0.687. The zero-order chi connectivity index (χ0) is 18.6. The van der Waals surface area contributed by atoms with Crippen molar-refractivity contribution in [2.24, 2.45) is 0 Å². The predicted octanol–water partition coefficient (Wildman–Crippen LogP) is 1.65. The molecule has 1 atom stereocenters. The van der Waals surface area contributed by atoms with E-state index in [2.05, 4.69) is 37.1 Å². The normalized spacial score (nSPS) is 24.5. The van der Waals surface area contributed by atoms with E-state index in [1.807, 2.05) is 12.1 Å². The molecule has 0 aliphatic carbocycles. The van der Waals surface area contributed by atoms with Crippen LogP contribution in [0.25, 0.3) is 0 Å². The van der Waals surface area contributed by atoms with Crippen LogP contribution in [0.2, 0.25) is 0 Å². The van der Waals surface area contributed by atoms with E-state index in [1.54, 1.807) is 4.90 Å². The first-order valence-corrected chi connectivity index (χ1v) is 9.26. The molecule has 0 saturated carbocycles. The summed E-state index contributed by atoms with van der Waals surface area (Å²) in [7, 11) is 0. The maximum Gasteiger partial charge on any atom is 0.255 e. The van der Waals surface area contributed by atoms with Gasteiger partial charge in [-0.25, -0.2) is 0 Å². The lowest BCUT2D eigenvalue weighted by Crippen LogP contribution is -2.54. The minimum Gasteiger partial charge on any atom is -0.322 e. The van der Waals surface area contributed by atoms with E-state index in [0.717, 1.165) is 18.7 Å². The summed E-state index contributed by atoms with van der Waals surface area (Å²) in [4.78, 5) is 40.4. The highest BCUT2D eigenvalue weighted by Crippen LogP contribution is 2.35. The van der Waals surface area contributed by atoms with Crippen LogP contribution in [-0.4, -0.2) is 52.2 Å². The average Bonchev–Trinajstić information content (AvgIpc) is 2.81. The molecular formula is C20H25N3O3. The topological polar surface area (TPSA) is 69.7 Å². The van der Waals surface area contributed by atoms with Crippen molar-refractivity contribution in [3.8, 4) is 0 Å². The summed E-state index contributed by atoms with van der Waals surface area (Å²) < 4.78 is 0. The van der Waals surface area contributed by atoms with Gasteiger partial charge >= 0.3 is 0 Å². The third-order valence-electron chi connectivity index (χ3n) is 5.85. The number of hydrogen-bond acceptors (Lipinski definition) is 4. The van der Waals surface area contributed by atoms with Crippen molar-refractivity contribution < 1.29 is 14.4 Å². The standard InChI is InChI=1S/C20H25N3O3/c1-20(2,3)22-9-14(10-22)12-4-5-13-11-23(19(26)15(13)8-12)16-6-7-17(24)21-18(16)25/h4-5,8,14,16H,6-7,9-11H2,1-3H3,(H,21,24,25). The summed E-state index contributed by atoms with van der Waals surface area (Å²) in [6.45, 7) is 9.11. The van der Waals surface area contributed by atoms with Gasteiger partial charge in [-0.05, 0) is 44.4 Å².